The van der Waals surface area contributed by atoms with Crippen molar-refractivity contribution in [1.82, 2.24) is 24.5 Å². The summed E-state index contributed by atoms with van der Waals surface area (Å²) < 4.78 is 8.74. The van der Waals surface area contributed by atoms with Crippen molar-refractivity contribution < 1.29 is 9.84 Å². The van der Waals surface area contributed by atoms with Gasteiger partial charge in [-0.05, 0) is 87.4 Å². The number of hydrogen-bond donors (Lipinski definition) is 1. The standard InChI is InChI=1S/C19H25N3O2.C11H10N2O2/c1-14(2)22-12-10-17(11-13-22)24-16-6-4-15(5-7-16)18-8-9-19(23)21(3)20-18;1-13-11(15)7-6-10(12-13)8-2-4-9(14)5-3-8/h4-9,14,17H,10-13H2,1-3H3;2-7,14H,1H3. The molecule has 0 atom stereocenters. The van der Waals surface area contributed by atoms with Crippen molar-refractivity contribution in [2.75, 3.05) is 13.1 Å². The van der Waals surface area contributed by atoms with E-state index in [1.165, 1.54) is 21.5 Å². The molecule has 9 nitrogen and oxygen atoms in total. The highest BCUT2D eigenvalue weighted by Gasteiger charge is 2.22. The summed E-state index contributed by atoms with van der Waals surface area (Å²) in [5, 5.41) is 17.5. The van der Waals surface area contributed by atoms with Crippen LogP contribution >= 0.6 is 0 Å². The highest BCUT2D eigenvalue weighted by atomic mass is 16.5. The van der Waals surface area contributed by atoms with Gasteiger partial charge in [0.25, 0.3) is 11.1 Å². The molecule has 0 radical (unpaired) electrons. The lowest BCUT2D eigenvalue weighted by Gasteiger charge is -2.34. The van der Waals surface area contributed by atoms with Crippen LogP contribution in [0.4, 0.5) is 0 Å². The number of aromatic nitrogens is 4. The molecule has 39 heavy (non-hydrogen) atoms. The summed E-state index contributed by atoms with van der Waals surface area (Å²) in [6.07, 6.45) is 2.44. The first-order chi connectivity index (χ1) is 18.7. The molecule has 1 saturated heterocycles. The fraction of sp³-hybridized carbons (Fsp3) is 0.333. The molecule has 9 heteroatoms. The van der Waals surface area contributed by atoms with Crippen LogP contribution < -0.4 is 15.9 Å². The maximum atomic E-state index is 11.4. The van der Waals surface area contributed by atoms with Crippen LogP contribution in [0.1, 0.15) is 26.7 Å². The van der Waals surface area contributed by atoms with Crippen molar-refractivity contribution in [3.8, 4) is 34.0 Å². The minimum Gasteiger partial charge on any atom is -0.508 e. The Morgan fingerprint density at radius 1 is 0.744 bits per heavy atom. The molecule has 0 bridgehead atoms. The molecule has 2 aromatic heterocycles. The predicted octanol–water partition coefficient (Wildman–Crippen LogP) is 3.85. The molecule has 0 saturated carbocycles. The van der Waals surface area contributed by atoms with Crippen LogP contribution in [-0.2, 0) is 14.1 Å². The van der Waals surface area contributed by atoms with E-state index in [4.69, 9.17) is 9.84 Å². The highest BCUT2D eigenvalue weighted by molar-refractivity contribution is 5.60. The Labute approximate surface area is 227 Å². The third-order valence-electron chi connectivity index (χ3n) is 6.74. The molecule has 1 aliphatic rings. The molecule has 1 fully saturated rings. The average molecular weight is 530 g/mol. The zero-order valence-corrected chi connectivity index (χ0v) is 22.8. The molecule has 0 spiro atoms. The Kier molecular flexibility index (Phi) is 8.93. The van der Waals surface area contributed by atoms with E-state index in [-0.39, 0.29) is 16.9 Å². The third kappa shape index (κ3) is 7.42. The van der Waals surface area contributed by atoms with Gasteiger partial charge in [-0.15, -0.1) is 0 Å². The van der Waals surface area contributed by atoms with Crippen molar-refractivity contribution in [2.24, 2.45) is 14.1 Å². The topological polar surface area (TPSA) is 102 Å². The van der Waals surface area contributed by atoms with Crippen LogP contribution in [0.3, 0.4) is 0 Å². The van der Waals surface area contributed by atoms with Gasteiger partial charge in [0.1, 0.15) is 17.6 Å². The maximum Gasteiger partial charge on any atom is 0.266 e. The number of aryl methyl sites for hydroxylation is 2. The summed E-state index contributed by atoms with van der Waals surface area (Å²) in [6.45, 7) is 6.69. The van der Waals surface area contributed by atoms with Crippen LogP contribution in [0.5, 0.6) is 11.5 Å². The van der Waals surface area contributed by atoms with E-state index in [0.717, 1.165) is 48.5 Å². The van der Waals surface area contributed by atoms with E-state index in [0.29, 0.717) is 17.8 Å². The zero-order chi connectivity index (χ0) is 27.9. The largest absolute Gasteiger partial charge is 0.508 e. The van der Waals surface area contributed by atoms with Gasteiger partial charge in [-0.1, -0.05) is 0 Å². The van der Waals surface area contributed by atoms with Crippen molar-refractivity contribution in [2.45, 2.75) is 38.8 Å². The fourth-order valence-electron chi connectivity index (χ4n) is 4.35. The molecule has 2 aromatic carbocycles. The van der Waals surface area contributed by atoms with Crippen LogP contribution in [-0.4, -0.2) is 54.8 Å². The molecule has 204 valence electrons. The Morgan fingerprint density at radius 3 is 1.64 bits per heavy atom. The second-order valence-electron chi connectivity index (χ2n) is 9.88. The number of benzene rings is 2. The minimum atomic E-state index is -0.141. The molecular formula is C30H35N5O4. The number of phenolic OH excluding ortho intramolecular Hbond substituents is 1. The van der Waals surface area contributed by atoms with Gasteiger partial charge in [0.2, 0.25) is 0 Å². The minimum absolute atomic E-state index is 0.105. The number of likely N-dealkylation sites (tertiary alicyclic amines) is 1. The van der Waals surface area contributed by atoms with Gasteiger partial charge < -0.3 is 14.7 Å². The van der Waals surface area contributed by atoms with Crippen molar-refractivity contribution >= 4 is 0 Å². The van der Waals surface area contributed by atoms with Gasteiger partial charge in [0.15, 0.2) is 0 Å². The molecule has 5 rings (SSSR count). The van der Waals surface area contributed by atoms with Crippen molar-refractivity contribution in [3.05, 3.63) is 93.5 Å². The zero-order valence-electron chi connectivity index (χ0n) is 22.8. The van der Waals surface area contributed by atoms with Gasteiger partial charge in [0.05, 0.1) is 11.4 Å². The maximum absolute atomic E-state index is 11.4. The van der Waals surface area contributed by atoms with E-state index < -0.39 is 0 Å². The number of aromatic hydroxyl groups is 1. The van der Waals surface area contributed by atoms with Crippen molar-refractivity contribution in [1.29, 1.82) is 0 Å². The van der Waals surface area contributed by atoms with E-state index >= 15 is 0 Å². The first kappa shape index (κ1) is 27.8. The molecule has 4 aromatic rings. The number of ether oxygens (including phenoxy) is 1. The predicted molar refractivity (Wildman–Crippen MR) is 152 cm³/mol. The fourth-order valence-corrected chi connectivity index (χ4v) is 4.35. The Bertz CT molecular complexity index is 1490. The van der Waals surface area contributed by atoms with Crippen molar-refractivity contribution in [3.63, 3.8) is 0 Å². The number of hydrogen-bond acceptors (Lipinski definition) is 7. The van der Waals surface area contributed by atoms with Gasteiger partial charge in [-0.3, -0.25) is 9.59 Å². The molecule has 1 N–H and O–H groups in total. The van der Waals surface area contributed by atoms with E-state index in [2.05, 4.69) is 28.9 Å². The second-order valence-corrected chi connectivity index (χ2v) is 9.88. The summed E-state index contributed by atoms with van der Waals surface area (Å²) in [5.74, 6) is 1.11. The molecule has 0 amide bonds. The quantitative estimate of drug-likeness (QED) is 0.419. The number of nitrogens with zero attached hydrogens (tertiary/aromatic N) is 5. The number of piperidine rings is 1. The monoisotopic (exact) mass is 529 g/mol. The van der Waals surface area contributed by atoms with Gasteiger partial charge in [-0.2, -0.15) is 10.2 Å². The van der Waals surface area contributed by atoms with E-state index in [9.17, 15) is 9.59 Å². The normalized spacial score (nSPS) is 14.1. The Hall–Kier alpha value is -4.24. The lowest BCUT2D eigenvalue weighted by Crippen LogP contribution is -2.41. The first-order valence-corrected chi connectivity index (χ1v) is 13.1. The van der Waals surface area contributed by atoms with E-state index in [1.54, 1.807) is 50.5 Å². The Morgan fingerprint density at radius 2 is 1.21 bits per heavy atom. The summed E-state index contributed by atoms with van der Waals surface area (Å²) >= 11 is 0. The van der Waals surface area contributed by atoms with Gasteiger partial charge in [-0.25, -0.2) is 9.36 Å². The van der Waals surface area contributed by atoms with Crippen LogP contribution in [0.2, 0.25) is 0 Å². The number of rotatable bonds is 5. The summed E-state index contributed by atoms with van der Waals surface area (Å²) in [7, 11) is 3.26. The summed E-state index contributed by atoms with van der Waals surface area (Å²) in [5.41, 5.74) is 3.09. The van der Waals surface area contributed by atoms with Crippen LogP contribution in [0, 0.1) is 0 Å². The molecular weight excluding hydrogens is 494 g/mol. The highest BCUT2D eigenvalue weighted by Crippen LogP contribution is 2.23. The molecule has 0 aliphatic carbocycles. The first-order valence-electron chi connectivity index (χ1n) is 13.1. The van der Waals surface area contributed by atoms with Gasteiger partial charge >= 0.3 is 0 Å². The number of phenols is 1. The Balaban J connectivity index is 0.000000202. The van der Waals surface area contributed by atoms with Crippen LogP contribution in [0.15, 0.2) is 82.4 Å². The third-order valence-corrected chi connectivity index (χ3v) is 6.74. The lowest BCUT2D eigenvalue weighted by atomic mass is 10.1. The second kappa shape index (κ2) is 12.5. The molecule has 3 heterocycles. The average Bonchev–Trinajstić information content (AvgIpc) is 2.93. The van der Waals surface area contributed by atoms with Gasteiger partial charge in [0, 0.05) is 56.5 Å². The smallest absolute Gasteiger partial charge is 0.266 e. The molecule has 1 aliphatic heterocycles. The lowest BCUT2D eigenvalue weighted by molar-refractivity contribution is 0.0843. The van der Waals surface area contributed by atoms with E-state index in [1.807, 2.05) is 24.3 Å². The summed E-state index contributed by atoms with van der Waals surface area (Å²) in [6, 6.07) is 21.7. The SMILES string of the molecule is CC(C)N1CCC(Oc2ccc(-c3ccc(=O)n(C)n3)cc2)CC1.Cn1nc(-c2ccc(O)cc2)ccc1=O. The molecule has 0 unspecified atom stereocenters. The van der Waals surface area contributed by atoms with Crippen LogP contribution in [0.25, 0.3) is 22.5 Å². The summed E-state index contributed by atoms with van der Waals surface area (Å²) in [4.78, 5) is 25.0.